The van der Waals surface area contributed by atoms with Crippen LogP contribution in [0.4, 0.5) is 0 Å². The highest BCUT2D eigenvalue weighted by molar-refractivity contribution is 6.04. The summed E-state index contributed by atoms with van der Waals surface area (Å²) in [6.07, 6.45) is 4.08. The van der Waals surface area contributed by atoms with Crippen molar-refractivity contribution in [3.63, 3.8) is 0 Å². The highest BCUT2D eigenvalue weighted by atomic mass is 16.5. The first-order valence-corrected chi connectivity index (χ1v) is 5.73. The third-order valence-corrected chi connectivity index (χ3v) is 3.65. The van der Waals surface area contributed by atoms with E-state index in [1.807, 2.05) is 25.1 Å². The molecule has 0 aromatic heterocycles. The molecule has 1 aromatic carbocycles. The molecular formula is C13H15NO2. The van der Waals surface area contributed by atoms with Gasteiger partial charge in [-0.1, -0.05) is 16.8 Å². The molecule has 1 N–H and O–H groups in total. The second-order valence-electron chi connectivity index (χ2n) is 4.86. The van der Waals surface area contributed by atoms with Gasteiger partial charge in [0, 0.05) is 12.0 Å². The molecule has 0 saturated heterocycles. The van der Waals surface area contributed by atoms with E-state index in [0.29, 0.717) is 0 Å². The molecule has 3 nitrogen and oxygen atoms in total. The van der Waals surface area contributed by atoms with Crippen molar-refractivity contribution in [2.75, 3.05) is 0 Å². The first-order valence-electron chi connectivity index (χ1n) is 5.73. The maximum Gasteiger partial charge on any atom is 0.129 e. The third-order valence-electron chi connectivity index (χ3n) is 3.65. The Bertz CT molecular complexity index is 461. The van der Waals surface area contributed by atoms with Gasteiger partial charge in [0.1, 0.15) is 11.4 Å². The summed E-state index contributed by atoms with van der Waals surface area (Å²) in [6.45, 7) is 2.03. The minimum atomic E-state index is -0.0795. The Morgan fingerprint density at radius 2 is 2.19 bits per heavy atom. The molecule has 1 aromatic rings. The number of aryl methyl sites for hydroxylation is 1. The molecule has 0 amide bonds. The highest BCUT2D eigenvalue weighted by Gasteiger charge is 2.44. The Hall–Kier alpha value is -1.51. The third kappa shape index (κ3) is 1.31. The Morgan fingerprint density at radius 1 is 1.38 bits per heavy atom. The molecule has 3 rings (SSSR count). The van der Waals surface area contributed by atoms with Crippen LogP contribution in [0.3, 0.4) is 0 Å². The lowest BCUT2D eigenvalue weighted by molar-refractivity contribution is -0.00546. The predicted molar refractivity (Wildman–Crippen MR) is 61.3 cm³/mol. The van der Waals surface area contributed by atoms with Crippen molar-refractivity contribution in [2.45, 2.75) is 38.2 Å². The molecule has 0 bridgehead atoms. The zero-order chi connectivity index (χ0) is 11.2. The molecule has 1 fully saturated rings. The molecule has 1 heterocycles. The molecule has 16 heavy (non-hydrogen) atoms. The van der Waals surface area contributed by atoms with Gasteiger partial charge < -0.3 is 9.94 Å². The molecular weight excluding hydrogens is 202 g/mol. The fourth-order valence-electron chi connectivity index (χ4n) is 2.57. The van der Waals surface area contributed by atoms with Crippen LogP contribution in [0, 0.1) is 6.92 Å². The Morgan fingerprint density at radius 3 is 2.81 bits per heavy atom. The highest BCUT2D eigenvalue weighted by Crippen LogP contribution is 2.45. The molecule has 0 unspecified atom stereocenters. The maximum atomic E-state index is 9.11. The van der Waals surface area contributed by atoms with Crippen LogP contribution in [0.25, 0.3) is 0 Å². The fourth-order valence-corrected chi connectivity index (χ4v) is 2.57. The first-order chi connectivity index (χ1) is 7.72. The van der Waals surface area contributed by atoms with E-state index in [-0.39, 0.29) is 5.60 Å². The zero-order valence-electron chi connectivity index (χ0n) is 9.36. The Balaban J connectivity index is 2.08. The zero-order valence-corrected chi connectivity index (χ0v) is 9.36. The van der Waals surface area contributed by atoms with Gasteiger partial charge in [-0.2, -0.15) is 0 Å². The van der Waals surface area contributed by atoms with Gasteiger partial charge in [-0.05, 0) is 38.3 Å². The van der Waals surface area contributed by atoms with Crippen LogP contribution in [-0.2, 0) is 0 Å². The predicted octanol–water partition coefficient (Wildman–Crippen LogP) is 2.88. The minimum absolute atomic E-state index is 0.0795. The van der Waals surface area contributed by atoms with Gasteiger partial charge in [0.2, 0.25) is 0 Å². The van der Waals surface area contributed by atoms with Crippen molar-refractivity contribution in [3.8, 4) is 5.75 Å². The van der Waals surface area contributed by atoms with E-state index < -0.39 is 0 Å². The van der Waals surface area contributed by atoms with Crippen molar-refractivity contribution in [1.29, 1.82) is 0 Å². The summed E-state index contributed by atoms with van der Waals surface area (Å²) in [5.41, 5.74) is 2.79. The number of nitrogens with zero attached hydrogens (tertiary/aromatic N) is 1. The molecule has 2 aliphatic rings. The van der Waals surface area contributed by atoms with E-state index in [4.69, 9.17) is 9.94 Å². The lowest BCUT2D eigenvalue weighted by atomic mass is 9.74. The number of oxime groups is 1. The van der Waals surface area contributed by atoms with Crippen molar-refractivity contribution in [3.05, 3.63) is 29.3 Å². The molecule has 1 saturated carbocycles. The van der Waals surface area contributed by atoms with E-state index in [2.05, 4.69) is 5.16 Å². The van der Waals surface area contributed by atoms with Crippen LogP contribution >= 0.6 is 0 Å². The van der Waals surface area contributed by atoms with Gasteiger partial charge in [-0.15, -0.1) is 0 Å². The monoisotopic (exact) mass is 217 g/mol. The van der Waals surface area contributed by atoms with E-state index in [1.54, 1.807) is 0 Å². The lowest BCUT2D eigenvalue weighted by Crippen LogP contribution is -2.47. The topological polar surface area (TPSA) is 41.8 Å². The normalized spacial score (nSPS) is 23.7. The summed E-state index contributed by atoms with van der Waals surface area (Å²) in [5.74, 6) is 0.865. The smallest absolute Gasteiger partial charge is 0.129 e. The van der Waals surface area contributed by atoms with Gasteiger partial charge in [0.25, 0.3) is 0 Å². The van der Waals surface area contributed by atoms with Crippen LogP contribution in [0.1, 0.15) is 36.8 Å². The van der Waals surface area contributed by atoms with Crippen molar-refractivity contribution < 1.29 is 9.94 Å². The quantitative estimate of drug-likeness (QED) is 0.536. The standard InChI is InChI=1S/C13H15NO2/c1-9-3-4-12-10(7-9)11(14-15)8-13(16-12)5-2-6-13/h3-4,7,15H,2,5-6,8H2,1H3/b14-11-. The van der Waals surface area contributed by atoms with Crippen molar-refractivity contribution in [1.82, 2.24) is 0 Å². The second-order valence-corrected chi connectivity index (χ2v) is 4.86. The van der Waals surface area contributed by atoms with Gasteiger partial charge in [0.05, 0.1) is 5.71 Å². The first kappa shape index (κ1) is 9.70. The summed E-state index contributed by atoms with van der Waals surface area (Å²) < 4.78 is 6.05. The van der Waals surface area contributed by atoms with E-state index >= 15 is 0 Å². The van der Waals surface area contributed by atoms with Gasteiger partial charge in [-0.25, -0.2) is 0 Å². The van der Waals surface area contributed by atoms with E-state index in [0.717, 1.165) is 41.9 Å². The number of fused-ring (bicyclic) bond motifs is 1. The summed E-state index contributed by atoms with van der Waals surface area (Å²) in [4.78, 5) is 0. The van der Waals surface area contributed by atoms with Crippen molar-refractivity contribution in [2.24, 2.45) is 5.16 Å². The number of rotatable bonds is 0. The summed E-state index contributed by atoms with van der Waals surface area (Å²) in [6, 6.07) is 6.04. The largest absolute Gasteiger partial charge is 0.486 e. The molecule has 0 atom stereocenters. The second kappa shape index (κ2) is 3.24. The van der Waals surface area contributed by atoms with Gasteiger partial charge >= 0.3 is 0 Å². The van der Waals surface area contributed by atoms with Crippen LogP contribution in [0.15, 0.2) is 23.4 Å². The Kier molecular flexibility index (Phi) is 1.96. The summed E-state index contributed by atoms with van der Waals surface area (Å²) in [7, 11) is 0. The molecule has 3 heteroatoms. The van der Waals surface area contributed by atoms with E-state index in [9.17, 15) is 0 Å². The molecule has 84 valence electrons. The molecule has 1 aliphatic carbocycles. The summed E-state index contributed by atoms with van der Waals surface area (Å²) in [5, 5.41) is 12.6. The number of benzene rings is 1. The number of hydrogen-bond donors (Lipinski definition) is 1. The van der Waals surface area contributed by atoms with Gasteiger partial charge in [0.15, 0.2) is 0 Å². The lowest BCUT2D eigenvalue weighted by Gasteiger charge is -2.45. The maximum absolute atomic E-state index is 9.11. The SMILES string of the molecule is Cc1ccc2c(c1)/C(=N\O)CC1(CCC1)O2. The van der Waals surface area contributed by atoms with Crippen LogP contribution in [0.2, 0.25) is 0 Å². The van der Waals surface area contributed by atoms with E-state index in [1.165, 1.54) is 6.42 Å². The van der Waals surface area contributed by atoms with Crippen molar-refractivity contribution >= 4 is 5.71 Å². The number of ether oxygens (including phenoxy) is 1. The molecule has 0 radical (unpaired) electrons. The van der Waals surface area contributed by atoms with Crippen LogP contribution < -0.4 is 4.74 Å². The number of hydrogen-bond acceptors (Lipinski definition) is 3. The summed E-state index contributed by atoms with van der Waals surface area (Å²) >= 11 is 0. The van der Waals surface area contributed by atoms with Crippen LogP contribution in [0.5, 0.6) is 5.75 Å². The molecule has 1 spiro atoms. The van der Waals surface area contributed by atoms with Gasteiger partial charge in [-0.3, -0.25) is 0 Å². The molecule has 1 aliphatic heterocycles. The minimum Gasteiger partial charge on any atom is -0.486 e. The average molecular weight is 217 g/mol. The Labute approximate surface area is 94.7 Å². The van der Waals surface area contributed by atoms with Crippen LogP contribution in [-0.4, -0.2) is 16.5 Å². The fraction of sp³-hybridized carbons (Fsp3) is 0.462. The average Bonchev–Trinajstić information content (AvgIpc) is 2.25.